The van der Waals surface area contributed by atoms with E-state index in [0.717, 1.165) is 35.4 Å². The molecule has 28 atom stereocenters. The monoisotopic (exact) mass is 2200 g/mol. The van der Waals surface area contributed by atoms with Crippen LogP contribution in [0.1, 0.15) is 85.0 Å². The Morgan fingerprint density at radius 3 is 1.12 bits per heavy atom. The largest absolute Gasteiger partial charge is 0.472 e. The van der Waals surface area contributed by atoms with Gasteiger partial charge in [0.25, 0.3) is 11.1 Å². The second-order valence-corrected chi connectivity index (χ2v) is 45.6. The second kappa shape index (κ2) is 49.4. The molecule has 0 spiro atoms. The Morgan fingerprint density at radius 1 is 0.392 bits per heavy atom. The number of anilines is 4. The van der Waals surface area contributed by atoms with Gasteiger partial charge in [-0.1, -0.05) is 6.92 Å². The number of methoxy groups -OCH3 is 5. The summed E-state index contributed by atoms with van der Waals surface area (Å²) in [6.45, 7) is -16.8. The van der Waals surface area contributed by atoms with Crippen molar-refractivity contribution in [2.75, 3.05) is 158 Å². The van der Waals surface area contributed by atoms with E-state index < -0.39 is 255 Å². The van der Waals surface area contributed by atoms with Crippen molar-refractivity contribution in [3.05, 3.63) is 145 Å². The molecule has 796 valence electrons. The number of aromatic amines is 2. The summed E-state index contributed by atoms with van der Waals surface area (Å²) in [6.07, 6.45) is -27.3. The molecule has 0 aliphatic carbocycles. The topological polar surface area (TPSA) is 741 Å². The number of aryl methyl sites for hydroxylation is 5. The van der Waals surface area contributed by atoms with Crippen LogP contribution in [0.5, 0.6) is 0 Å². The Labute approximate surface area is 832 Å². The van der Waals surface area contributed by atoms with Crippen LogP contribution in [0.25, 0.3) is 11.2 Å². The standard InChI is InChI=1S/C76H113N18O40P5S4/c1-12-41-42(23-48(124-41)89-27-39(5)65(96)87-75(89)101)130-136(105,140)121-32-46-53(58(117-21-16-112-10)70(128-46)92-26-38(4)62(79)86-74(92)100)133-138(107,142)122-31-45-51(56(115-19-14-110-8)68(127-45)93-28-40(6)66(97)88-76(93)102)131-135(103,104)119-30-44-52(57(116-20-15-111-9)69(126-44)91-25-37(3)61(78)85-73(91)99)132-139(108,143)123-33-47-54(59(118-22-17-113-11)71(129-47)94-35-83-49-63(80)81-34-82-64(49)94)134-137(106,141)120-29-43-50(95)55(114-18-13-109-7)67(125-43)90-24-36(2)60(77)84-72(90)98/h24-28,34-35,41-48,50-59,67-71,95H,12-23,29-33H2,1-11H3,(H,103,104)(H,105,140)(H,106,141)(H,107,142)(H,108,143)(H2,77,84,98)(H2,78,85,99)(H2,79,86,100)(H2,80,81,82)(H,87,96,101)(H,88,97,102)/t41-,42?,43-,44-,45-,46-,47-,48-,50?,51?,52?,53?,54?,55+,56+,57+,58+,59+,67-,68-,69-,70-,71-,136?,137?,138?,139?/m1/s1. The molecular weight excluding hydrogens is 2090 g/mol. The number of ether oxygens (including phenoxy) is 16. The number of hydrogen-bond donors (Lipinski definition) is 12. The maximum atomic E-state index is 15.4. The van der Waals surface area contributed by atoms with Gasteiger partial charge in [0.1, 0.15) is 127 Å². The second-order valence-electron chi connectivity index (χ2n) is 33.0. The Hall–Kier alpha value is -6.70. The molecule has 7 aromatic rings. The number of nitrogen functional groups attached to an aromatic ring is 4. The summed E-state index contributed by atoms with van der Waals surface area (Å²) in [5, 5.41) is 11.8. The molecular formula is C76H113N18O40P5S4. The quantitative estimate of drug-likeness (QED) is 0.0149. The van der Waals surface area contributed by atoms with Gasteiger partial charge in [-0.3, -0.25) is 69.6 Å². The van der Waals surface area contributed by atoms with Crippen molar-refractivity contribution in [3.8, 4) is 0 Å². The van der Waals surface area contributed by atoms with Gasteiger partial charge in [0, 0.05) is 101 Å². The van der Waals surface area contributed by atoms with Gasteiger partial charge in [-0.2, -0.15) is 15.0 Å². The summed E-state index contributed by atoms with van der Waals surface area (Å²) in [5.41, 5.74) is 19.3. The molecule has 13 heterocycles. The van der Waals surface area contributed by atoms with E-state index in [4.69, 9.17) is 191 Å². The van der Waals surface area contributed by atoms with Gasteiger partial charge in [-0.25, -0.2) is 43.5 Å². The van der Waals surface area contributed by atoms with Gasteiger partial charge in [-0.15, -0.1) is 0 Å². The zero-order chi connectivity index (χ0) is 104. The fourth-order valence-electron chi connectivity index (χ4n) is 16.1. The predicted octanol–water partition coefficient (Wildman–Crippen LogP) is -1.75. The molecule has 0 aromatic carbocycles. The molecule has 0 saturated carbocycles. The highest BCUT2D eigenvalue weighted by Gasteiger charge is 2.58. The normalized spacial score (nSPS) is 29.4. The molecule has 0 bridgehead atoms. The molecule has 67 heteroatoms. The number of aliphatic hydroxyl groups excluding tert-OH is 1. The molecule has 6 fully saturated rings. The minimum absolute atomic E-state index is 0.0479. The number of phosphoric ester groups is 1. The Bertz CT molecular complexity index is 6290. The molecule has 143 heavy (non-hydrogen) atoms. The Morgan fingerprint density at radius 2 is 0.720 bits per heavy atom. The van der Waals surface area contributed by atoms with Crippen molar-refractivity contribution < 1.29 is 155 Å². The van der Waals surface area contributed by atoms with E-state index >= 15 is 4.57 Å². The van der Waals surface area contributed by atoms with Crippen molar-refractivity contribution >= 4 is 116 Å². The van der Waals surface area contributed by atoms with E-state index in [1.165, 1.54) is 98.9 Å². The number of H-pyrrole nitrogens is 2. The van der Waals surface area contributed by atoms with Crippen LogP contribution >= 0.6 is 34.7 Å². The number of hydrogen-bond acceptors (Lipinski definition) is 49. The van der Waals surface area contributed by atoms with Crippen LogP contribution in [-0.2, 0) is 173 Å². The first kappa shape index (κ1) is 113. The third-order valence-electron chi connectivity index (χ3n) is 23.2. The van der Waals surface area contributed by atoms with E-state index in [9.17, 15) is 63.1 Å². The third kappa shape index (κ3) is 27.8. The van der Waals surface area contributed by atoms with Crippen LogP contribution < -0.4 is 62.5 Å². The summed E-state index contributed by atoms with van der Waals surface area (Å²) in [4.78, 5) is 185. The number of nitrogens with two attached hydrogens (primary N) is 4. The van der Waals surface area contributed by atoms with Gasteiger partial charge in [0.2, 0.25) is 0 Å². The summed E-state index contributed by atoms with van der Waals surface area (Å²) < 4.78 is 180. The fourth-order valence-corrected chi connectivity index (χ4v) is 22.9. The first-order chi connectivity index (χ1) is 67.8. The molecule has 16 N–H and O–H groups in total. The first-order valence-corrected chi connectivity index (χ1v) is 55.7. The average Bonchev–Trinajstić information content (AvgIpc) is 1.62. The molecule has 6 saturated heterocycles. The van der Waals surface area contributed by atoms with E-state index in [1.54, 1.807) is 13.8 Å². The van der Waals surface area contributed by atoms with E-state index in [0.29, 0.717) is 5.56 Å². The maximum absolute atomic E-state index is 15.4. The van der Waals surface area contributed by atoms with E-state index in [2.05, 4.69) is 39.9 Å². The Kier molecular flexibility index (Phi) is 39.2. The zero-order valence-electron chi connectivity index (χ0n) is 78.5. The SMILES string of the molecule is CC[C@H]1O[C@@H](n2cc(C)c(=O)[nH]c2=O)CC1OP(O)(=S)OC[C@H]1O[C@@H](n2cc(C)c(N)nc2=O)[C@@H](OCCOC)C1OP(O)(=S)OC[C@H]1O[C@@H](n2cc(C)c(=O)[nH]c2=O)[C@@H](OCCOC)C1OP(=O)(O)OC[C@H]1O[C@@H](n2cc(C)c(N)nc2=O)[C@@H](OCCOC)C1OP(O)(=S)OC[C@H]1O[C@@H](n2cnc3c(N)ncnc32)[C@@H](OCCOC)C1OP(O)(=S)OC[C@H]1O[C@@H](n2cc(C)c(N)nc2=O)[C@@H](OCCOC)C1O. The smallest absolute Gasteiger partial charge is 0.387 e. The van der Waals surface area contributed by atoms with Gasteiger partial charge >= 0.3 is 63.1 Å². The molecule has 0 radical (unpaired) electrons. The number of fused-ring (bicyclic) bond motifs is 1. The molecule has 0 amide bonds. The van der Waals surface area contributed by atoms with Crippen LogP contribution in [0.4, 0.5) is 23.3 Å². The van der Waals surface area contributed by atoms with Gasteiger partial charge in [-0.05, 0) is 88.3 Å². The van der Waals surface area contributed by atoms with Crippen molar-refractivity contribution in [1.82, 2.24) is 67.3 Å². The lowest BCUT2D eigenvalue weighted by Crippen LogP contribution is -2.42. The minimum Gasteiger partial charge on any atom is -0.387 e. The van der Waals surface area contributed by atoms with Crippen molar-refractivity contribution in [2.45, 2.75) is 196 Å². The highest BCUT2D eigenvalue weighted by Crippen LogP contribution is 2.58. The lowest BCUT2D eigenvalue weighted by molar-refractivity contribution is -0.0848. The molecule has 58 nitrogen and oxygen atoms in total. The number of nitrogens with one attached hydrogen (secondary N) is 2. The minimum atomic E-state index is -5.91. The van der Waals surface area contributed by atoms with Crippen molar-refractivity contribution in [3.63, 3.8) is 0 Å². The number of phosphoric acid groups is 1. The third-order valence-corrected chi connectivity index (χ3v) is 30.5. The molecule has 6 aliphatic heterocycles. The van der Waals surface area contributed by atoms with Crippen LogP contribution in [0.3, 0.4) is 0 Å². The number of nitrogens with zero attached hydrogens (tertiary/aromatic N) is 12. The van der Waals surface area contributed by atoms with E-state index in [1.807, 2.05) is 0 Å². The summed E-state index contributed by atoms with van der Waals surface area (Å²) in [6, 6.07) is 0. The summed E-state index contributed by atoms with van der Waals surface area (Å²) in [7, 11) is 0.873. The zero-order valence-corrected chi connectivity index (χ0v) is 86.2. The Balaban J connectivity index is 0.797. The maximum Gasteiger partial charge on any atom is 0.472 e. The fraction of sp³-hybridized carbons (Fsp3) is 0.671. The van der Waals surface area contributed by atoms with Crippen molar-refractivity contribution in [1.29, 1.82) is 0 Å². The lowest BCUT2D eigenvalue weighted by atomic mass is 10.1. The first-order valence-electron chi connectivity index (χ1n) is 43.9. The number of aliphatic hydroxyl groups is 1. The molecule has 7 aromatic heterocycles. The number of aromatic nitrogens is 14. The van der Waals surface area contributed by atoms with Crippen LogP contribution in [-0.4, -0.2) is 335 Å². The van der Waals surface area contributed by atoms with Crippen LogP contribution in [0, 0.1) is 34.6 Å². The van der Waals surface area contributed by atoms with E-state index in [-0.39, 0.29) is 129 Å². The van der Waals surface area contributed by atoms with Gasteiger partial charge in [0.05, 0.1) is 118 Å². The molecule has 11 unspecified atom stereocenters. The number of imidazole rings is 1. The average molecular weight is 2200 g/mol. The van der Waals surface area contributed by atoms with Crippen LogP contribution in [0.2, 0.25) is 0 Å². The highest BCUT2D eigenvalue weighted by atomic mass is 32.5. The highest BCUT2D eigenvalue weighted by molar-refractivity contribution is 8.08. The molecule has 6 aliphatic rings. The number of rotatable bonds is 52. The summed E-state index contributed by atoms with van der Waals surface area (Å²) >= 11 is 22.9. The molecule has 13 rings (SSSR count). The van der Waals surface area contributed by atoms with Gasteiger partial charge in [0.15, 0.2) is 42.6 Å². The van der Waals surface area contributed by atoms with Crippen LogP contribution in [0.15, 0.2) is 77.2 Å². The van der Waals surface area contributed by atoms with Gasteiger partial charge < -0.3 is 151 Å². The lowest BCUT2D eigenvalue weighted by Gasteiger charge is -2.30. The summed E-state index contributed by atoms with van der Waals surface area (Å²) in [5.74, 6) is -0.508. The van der Waals surface area contributed by atoms with Crippen molar-refractivity contribution in [2.24, 2.45) is 0 Å². The predicted molar refractivity (Wildman–Crippen MR) is 507 cm³/mol.